The van der Waals surface area contributed by atoms with Gasteiger partial charge in [0.1, 0.15) is 5.75 Å². The van der Waals surface area contributed by atoms with E-state index >= 15 is 0 Å². The van der Waals surface area contributed by atoms with E-state index < -0.39 is 6.10 Å². The summed E-state index contributed by atoms with van der Waals surface area (Å²) >= 11 is 0. The molecule has 0 radical (unpaired) electrons. The fourth-order valence-electron chi connectivity index (χ4n) is 2.54. The van der Waals surface area contributed by atoms with Gasteiger partial charge in [-0.25, -0.2) is 0 Å². The highest BCUT2D eigenvalue weighted by molar-refractivity contribution is 5.96. The number of nitrogens with zero attached hydrogens (tertiary/aromatic N) is 2. The fraction of sp³-hybridized carbons (Fsp3) is 0.368. The van der Waals surface area contributed by atoms with Crippen LogP contribution in [0.3, 0.4) is 0 Å². The zero-order chi connectivity index (χ0) is 17.7. The smallest absolute Gasteiger partial charge is 0.254 e. The molecule has 1 heterocycles. The maximum Gasteiger partial charge on any atom is 0.254 e. The van der Waals surface area contributed by atoms with Crippen LogP contribution in [0.15, 0.2) is 42.6 Å². The average molecular weight is 328 g/mol. The molecule has 2 aromatic rings. The molecule has 1 unspecified atom stereocenters. The van der Waals surface area contributed by atoms with Gasteiger partial charge in [-0.05, 0) is 51.1 Å². The number of amides is 1. The number of aliphatic hydroxyl groups excluding tert-OH is 1. The molecule has 1 aromatic heterocycles. The number of aliphatic hydroxyl groups is 1. The lowest BCUT2D eigenvalue weighted by Gasteiger charge is -2.28. The van der Waals surface area contributed by atoms with Crippen LogP contribution in [0.25, 0.3) is 11.3 Å². The monoisotopic (exact) mass is 328 g/mol. The number of methoxy groups -OCH3 is 1. The Labute approximate surface area is 142 Å². The van der Waals surface area contributed by atoms with Crippen LogP contribution in [0.4, 0.5) is 0 Å². The second kappa shape index (κ2) is 7.93. The number of pyridine rings is 1. The van der Waals surface area contributed by atoms with Gasteiger partial charge in [0, 0.05) is 29.9 Å². The largest absolute Gasteiger partial charge is 0.496 e. The minimum Gasteiger partial charge on any atom is -0.496 e. The topological polar surface area (TPSA) is 62.7 Å². The zero-order valence-electron chi connectivity index (χ0n) is 14.6. The van der Waals surface area contributed by atoms with Gasteiger partial charge in [-0.3, -0.25) is 9.78 Å². The third-order valence-corrected chi connectivity index (χ3v) is 3.73. The Morgan fingerprint density at radius 3 is 2.54 bits per heavy atom. The van der Waals surface area contributed by atoms with Crippen LogP contribution in [-0.2, 0) is 0 Å². The summed E-state index contributed by atoms with van der Waals surface area (Å²) in [4.78, 5) is 18.9. The van der Waals surface area contributed by atoms with Gasteiger partial charge in [0.05, 0.1) is 18.9 Å². The molecule has 0 aliphatic rings. The Kier molecular flexibility index (Phi) is 5.93. The standard InChI is InChI=1S/C19H24N2O3/c1-13(2)21(12-14(3)22)19(23)15-8-9-18(24-4)16(11-15)17-7-5-6-10-20-17/h5-11,13-14,22H,12H2,1-4H3. The van der Waals surface area contributed by atoms with Crippen molar-refractivity contribution in [1.82, 2.24) is 9.88 Å². The first kappa shape index (κ1) is 17.9. The summed E-state index contributed by atoms with van der Waals surface area (Å²) in [7, 11) is 1.59. The molecule has 0 aliphatic carbocycles. The normalized spacial score (nSPS) is 12.1. The number of aromatic nitrogens is 1. The number of carbonyl (C=O) groups excluding carboxylic acids is 1. The Morgan fingerprint density at radius 1 is 1.25 bits per heavy atom. The van der Waals surface area contributed by atoms with E-state index in [0.29, 0.717) is 17.9 Å². The highest BCUT2D eigenvalue weighted by Gasteiger charge is 2.21. The molecule has 1 amide bonds. The van der Waals surface area contributed by atoms with Crippen molar-refractivity contribution in [3.8, 4) is 17.0 Å². The molecule has 1 N–H and O–H groups in total. The van der Waals surface area contributed by atoms with Gasteiger partial charge in [0.2, 0.25) is 0 Å². The molecular weight excluding hydrogens is 304 g/mol. The van der Waals surface area contributed by atoms with Crippen LogP contribution >= 0.6 is 0 Å². The van der Waals surface area contributed by atoms with Gasteiger partial charge < -0.3 is 14.7 Å². The second-order valence-corrected chi connectivity index (χ2v) is 6.03. The van der Waals surface area contributed by atoms with Gasteiger partial charge >= 0.3 is 0 Å². The van der Waals surface area contributed by atoms with Gasteiger partial charge in [0.25, 0.3) is 5.91 Å². The molecule has 5 nitrogen and oxygen atoms in total. The minimum absolute atomic E-state index is 0.00694. The summed E-state index contributed by atoms with van der Waals surface area (Å²) in [6.45, 7) is 5.84. The van der Waals surface area contributed by atoms with Crippen molar-refractivity contribution in [3.05, 3.63) is 48.2 Å². The van der Waals surface area contributed by atoms with Crippen molar-refractivity contribution in [3.63, 3.8) is 0 Å². The second-order valence-electron chi connectivity index (χ2n) is 6.03. The van der Waals surface area contributed by atoms with E-state index in [0.717, 1.165) is 11.3 Å². The van der Waals surface area contributed by atoms with E-state index in [2.05, 4.69) is 4.98 Å². The number of carbonyl (C=O) groups is 1. The van der Waals surface area contributed by atoms with E-state index in [-0.39, 0.29) is 11.9 Å². The Morgan fingerprint density at radius 2 is 2.00 bits per heavy atom. The lowest BCUT2D eigenvalue weighted by atomic mass is 10.0. The van der Waals surface area contributed by atoms with Crippen molar-refractivity contribution < 1.29 is 14.6 Å². The molecule has 2 rings (SSSR count). The van der Waals surface area contributed by atoms with Crippen LogP contribution in [0, 0.1) is 0 Å². The Balaban J connectivity index is 2.42. The molecule has 0 aliphatic heterocycles. The van der Waals surface area contributed by atoms with Crippen LogP contribution in [0.2, 0.25) is 0 Å². The highest BCUT2D eigenvalue weighted by Crippen LogP contribution is 2.30. The van der Waals surface area contributed by atoms with Crippen molar-refractivity contribution >= 4 is 5.91 Å². The Bertz CT molecular complexity index is 684. The van der Waals surface area contributed by atoms with Gasteiger partial charge in [-0.2, -0.15) is 0 Å². The summed E-state index contributed by atoms with van der Waals surface area (Å²) in [5, 5.41) is 9.66. The van der Waals surface area contributed by atoms with Crippen LogP contribution < -0.4 is 4.74 Å². The maximum absolute atomic E-state index is 12.9. The van der Waals surface area contributed by atoms with Crippen LogP contribution in [0.5, 0.6) is 5.75 Å². The summed E-state index contributed by atoms with van der Waals surface area (Å²) in [6, 6.07) is 10.9. The van der Waals surface area contributed by atoms with E-state index in [9.17, 15) is 9.90 Å². The van der Waals surface area contributed by atoms with Gasteiger partial charge in [0.15, 0.2) is 0 Å². The predicted molar refractivity (Wildman–Crippen MR) is 94.1 cm³/mol. The van der Waals surface area contributed by atoms with E-state index in [4.69, 9.17) is 4.74 Å². The Hall–Kier alpha value is -2.40. The molecule has 0 saturated heterocycles. The molecule has 128 valence electrons. The number of benzene rings is 1. The first-order valence-corrected chi connectivity index (χ1v) is 8.02. The summed E-state index contributed by atoms with van der Waals surface area (Å²) in [5.41, 5.74) is 2.06. The zero-order valence-corrected chi connectivity index (χ0v) is 14.6. The SMILES string of the molecule is COc1ccc(C(=O)N(CC(C)O)C(C)C)cc1-c1ccccn1. The lowest BCUT2D eigenvalue weighted by Crippen LogP contribution is -2.41. The average Bonchev–Trinajstić information content (AvgIpc) is 2.59. The quantitative estimate of drug-likeness (QED) is 0.885. The molecule has 0 fully saturated rings. The van der Waals surface area contributed by atoms with E-state index in [1.165, 1.54) is 0 Å². The van der Waals surface area contributed by atoms with Gasteiger partial charge in [-0.1, -0.05) is 6.07 Å². The van der Waals surface area contributed by atoms with Crippen molar-refractivity contribution in [2.24, 2.45) is 0 Å². The molecule has 1 aromatic carbocycles. The molecule has 0 spiro atoms. The van der Waals surface area contributed by atoms with E-state index in [1.54, 1.807) is 43.3 Å². The lowest BCUT2D eigenvalue weighted by molar-refractivity contribution is 0.0579. The van der Waals surface area contributed by atoms with Gasteiger partial charge in [-0.15, -0.1) is 0 Å². The number of hydrogen-bond donors (Lipinski definition) is 1. The fourth-order valence-corrected chi connectivity index (χ4v) is 2.54. The first-order chi connectivity index (χ1) is 11.4. The molecular formula is C19H24N2O3. The van der Waals surface area contributed by atoms with Crippen LogP contribution in [0.1, 0.15) is 31.1 Å². The minimum atomic E-state index is -0.579. The number of hydrogen-bond acceptors (Lipinski definition) is 4. The maximum atomic E-state index is 12.9. The summed E-state index contributed by atoms with van der Waals surface area (Å²) < 4.78 is 5.40. The van der Waals surface area contributed by atoms with Crippen LogP contribution in [-0.4, -0.2) is 46.7 Å². The van der Waals surface area contributed by atoms with Crippen molar-refractivity contribution in [1.29, 1.82) is 0 Å². The predicted octanol–water partition coefficient (Wildman–Crippen LogP) is 2.99. The summed E-state index contributed by atoms with van der Waals surface area (Å²) in [6.07, 6.45) is 1.13. The molecule has 5 heteroatoms. The summed E-state index contributed by atoms with van der Waals surface area (Å²) in [5.74, 6) is 0.544. The third kappa shape index (κ3) is 4.11. The molecule has 24 heavy (non-hydrogen) atoms. The highest BCUT2D eigenvalue weighted by atomic mass is 16.5. The van der Waals surface area contributed by atoms with Crippen molar-refractivity contribution in [2.45, 2.75) is 32.9 Å². The van der Waals surface area contributed by atoms with Crippen molar-refractivity contribution in [2.75, 3.05) is 13.7 Å². The first-order valence-electron chi connectivity index (χ1n) is 8.02. The number of rotatable bonds is 6. The third-order valence-electron chi connectivity index (χ3n) is 3.73. The molecule has 0 saturated carbocycles. The molecule has 0 bridgehead atoms. The number of ether oxygens (including phenoxy) is 1. The molecule has 1 atom stereocenters. The van der Waals surface area contributed by atoms with E-state index in [1.807, 2.05) is 32.0 Å².